The number of aliphatic imine (C=N–C) groups is 1. The predicted molar refractivity (Wildman–Crippen MR) is 137 cm³/mol. The van der Waals surface area contributed by atoms with Gasteiger partial charge in [-0.15, -0.1) is 0 Å². The molecular weight excluding hydrogens is 436 g/mol. The van der Waals surface area contributed by atoms with E-state index in [1.165, 1.54) is 11.1 Å². The molecule has 3 aliphatic heterocycles. The number of carbonyl (C=O) groups is 1. The van der Waals surface area contributed by atoms with E-state index in [1.807, 2.05) is 24.4 Å². The van der Waals surface area contributed by atoms with Gasteiger partial charge in [0.15, 0.2) is 0 Å². The van der Waals surface area contributed by atoms with Gasteiger partial charge >= 0.3 is 0 Å². The molecular formula is C29H32N4O2. The summed E-state index contributed by atoms with van der Waals surface area (Å²) in [5.41, 5.74) is 7.69. The zero-order valence-electron chi connectivity index (χ0n) is 20.7. The molecule has 0 saturated carbocycles. The summed E-state index contributed by atoms with van der Waals surface area (Å²) in [4.78, 5) is 28.9. The fourth-order valence-corrected chi connectivity index (χ4v) is 7.04. The van der Waals surface area contributed by atoms with Gasteiger partial charge in [-0.1, -0.05) is 20.8 Å². The van der Waals surface area contributed by atoms with Crippen molar-refractivity contribution in [2.75, 3.05) is 13.2 Å². The summed E-state index contributed by atoms with van der Waals surface area (Å²) < 4.78 is 5.88. The molecule has 180 valence electrons. The number of hydrogen-bond acceptors (Lipinski definition) is 4. The van der Waals surface area contributed by atoms with Crippen LogP contribution in [-0.4, -0.2) is 46.2 Å². The third-order valence-corrected chi connectivity index (χ3v) is 9.58. The van der Waals surface area contributed by atoms with Crippen LogP contribution < -0.4 is 0 Å². The molecule has 1 aliphatic carbocycles. The smallest absolute Gasteiger partial charge is 0.254 e. The number of nitrogens with zero attached hydrogens (tertiary/aromatic N) is 3. The lowest BCUT2D eigenvalue weighted by molar-refractivity contribution is -0.0261. The van der Waals surface area contributed by atoms with Crippen LogP contribution in [0.5, 0.6) is 0 Å². The number of piperidine rings is 1. The molecule has 0 unspecified atom stereocenters. The van der Waals surface area contributed by atoms with Crippen molar-refractivity contribution in [3.05, 3.63) is 58.4 Å². The number of aromatic nitrogens is 2. The number of hydrogen-bond donors (Lipinski definition) is 1. The summed E-state index contributed by atoms with van der Waals surface area (Å²) in [5.74, 6) is 1.09. The van der Waals surface area contributed by atoms with Crippen molar-refractivity contribution in [1.82, 2.24) is 14.9 Å². The summed E-state index contributed by atoms with van der Waals surface area (Å²) >= 11 is 0. The molecule has 35 heavy (non-hydrogen) atoms. The Labute approximate surface area is 205 Å². The first-order valence-electron chi connectivity index (χ1n) is 13.0. The molecule has 4 aliphatic rings. The Hall–Kier alpha value is -2.99. The first-order valence-corrected chi connectivity index (χ1v) is 13.0. The molecule has 0 spiro atoms. The number of rotatable bonds is 2. The lowest BCUT2D eigenvalue weighted by atomic mass is 9.51. The third-order valence-electron chi connectivity index (χ3n) is 9.58. The number of ether oxygens (including phenoxy) is 1. The Bertz CT molecular complexity index is 1400. The van der Waals surface area contributed by atoms with Crippen molar-refractivity contribution in [1.29, 1.82) is 0 Å². The van der Waals surface area contributed by atoms with E-state index in [1.54, 1.807) is 0 Å². The van der Waals surface area contributed by atoms with Crippen LogP contribution in [0.15, 0.2) is 35.3 Å². The molecule has 6 nitrogen and oxygen atoms in total. The van der Waals surface area contributed by atoms with Crippen LogP contribution in [0, 0.1) is 5.41 Å². The van der Waals surface area contributed by atoms with Gasteiger partial charge < -0.3 is 14.6 Å². The minimum atomic E-state index is -0.0604. The zero-order valence-corrected chi connectivity index (χ0v) is 20.7. The summed E-state index contributed by atoms with van der Waals surface area (Å²) in [6.45, 7) is 8.68. The van der Waals surface area contributed by atoms with Gasteiger partial charge in [0.25, 0.3) is 5.91 Å². The van der Waals surface area contributed by atoms with Crippen molar-refractivity contribution in [3.63, 3.8) is 0 Å². The Morgan fingerprint density at radius 2 is 2.06 bits per heavy atom. The number of fused-ring (bicyclic) bond motifs is 6. The van der Waals surface area contributed by atoms with Gasteiger partial charge in [0, 0.05) is 42.8 Å². The van der Waals surface area contributed by atoms with Crippen LogP contribution >= 0.6 is 0 Å². The van der Waals surface area contributed by atoms with Crippen LogP contribution in [0.3, 0.4) is 0 Å². The van der Waals surface area contributed by atoms with E-state index in [0.29, 0.717) is 0 Å². The van der Waals surface area contributed by atoms with Crippen molar-refractivity contribution in [3.8, 4) is 0 Å². The predicted octanol–water partition coefficient (Wildman–Crippen LogP) is 5.43. The van der Waals surface area contributed by atoms with Gasteiger partial charge in [0.05, 0.1) is 16.7 Å². The maximum absolute atomic E-state index is 13.8. The Balaban J connectivity index is 1.27. The van der Waals surface area contributed by atoms with Crippen molar-refractivity contribution >= 4 is 28.8 Å². The van der Waals surface area contributed by atoms with Crippen LogP contribution in [-0.2, 0) is 23.0 Å². The second kappa shape index (κ2) is 7.26. The highest BCUT2D eigenvalue weighted by Gasteiger charge is 2.57. The fraction of sp³-hybridized carbons (Fsp3) is 0.483. The largest absolute Gasteiger partial charge is 0.370 e. The van der Waals surface area contributed by atoms with Crippen molar-refractivity contribution < 1.29 is 9.53 Å². The number of amides is 1. The first-order chi connectivity index (χ1) is 16.8. The maximum Gasteiger partial charge on any atom is 0.254 e. The molecule has 2 saturated heterocycles. The molecule has 2 bridgehead atoms. The fourth-order valence-electron chi connectivity index (χ4n) is 7.04. The highest BCUT2D eigenvalue weighted by molar-refractivity contribution is 5.96. The van der Waals surface area contributed by atoms with E-state index in [-0.39, 0.29) is 28.9 Å². The van der Waals surface area contributed by atoms with Crippen molar-refractivity contribution in [2.45, 2.75) is 70.4 Å². The third kappa shape index (κ3) is 2.95. The van der Waals surface area contributed by atoms with E-state index in [0.717, 1.165) is 78.9 Å². The first kappa shape index (κ1) is 21.3. The molecule has 1 amide bonds. The number of likely N-dealkylation sites (tertiary alicyclic amines) is 1. The SMILES string of the molecule is CC1(C)[C@H]2Cc3cc4[nH]c([C@@H]5CCCO5)nc4cc3[C@]1(C)CCN2C(=O)c1ccc2c(c1)CC=N2. The molecule has 2 fully saturated rings. The lowest BCUT2D eigenvalue weighted by Gasteiger charge is -2.60. The molecule has 3 aromatic rings. The van der Waals surface area contributed by atoms with Gasteiger partial charge in [-0.2, -0.15) is 0 Å². The Morgan fingerprint density at radius 1 is 1.17 bits per heavy atom. The summed E-state index contributed by atoms with van der Waals surface area (Å²) in [6.07, 6.45) is 6.74. The number of benzene rings is 2. The quantitative estimate of drug-likeness (QED) is 0.545. The van der Waals surface area contributed by atoms with Crippen LogP contribution in [0.25, 0.3) is 11.0 Å². The average Bonchev–Trinajstić information content (AvgIpc) is 3.60. The van der Waals surface area contributed by atoms with Gasteiger partial charge in [-0.3, -0.25) is 9.79 Å². The van der Waals surface area contributed by atoms with Crippen molar-refractivity contribution in [2.24, 2.45) is 10.4 Å². The Kier molecular flexibility index (Phi) is 4.42. The molecule has 0 radical (unpaired) electrons. The summed E-state index contributed by atoms with van der Waals surface area (Å²) in [7, 11) is 0. The molecule has 1 N–H and O–H groups in total. The van der Waals surface area contributed by atoms with E-state index in [4.69, 9.17) is 9.72 Å². The van der Waals surface area contributed by atoms with Crippen LogP contribution in [0.4, 0.5) is 5.69 Å². The number of carbonyl (C=O) groups excluding carboxylic acids is 1. The van der Waals surface area contributed by atoms with E-state index in [9.17, 15) is 4.79 Å². The highest BCUT2D eigenvalue weighted by atomic mass is 16.5. The monoisotopic (exact) mass is 468 g/mol. The minimum absolute atomic E-state index is 0.0229. The topological polar surface area (TPSA) is 70.6 Å². The number of aromatic amines is 1. The summed E-state index contributed by atoms with van der Waals surface area (Å²) in [5, 5.41) is 0. The molecule has 3 atom stereocenters. The molecule has 4 heterocycles. The molecule has 6 heteroatoms. The van der Waals surface area contributed by atoms with Gasteiger partial charge in [0.2, 0.25) is 0 Å². The van der Waals surface area contributed by atoms with E-state index in [2.05, 4.69) is 47.8 Å². The number of H-pyrrole nitrogens is 1. The van der Waals surface area contributed by atoms with E-state index >= 15 is 0 Å². The highest BCUT2D eigenvalue weighted by Crippen LogP contribution is 2.56. The lowest BCUT2D eigenvalue weighted by Crippen LogP contribution is -2.64. The second-order valence-corrected chi connectivity index (χ2v) is 11.5. The average molecular weight is 469 g/mol. The summed E-state index contributed by atoms with van der Waals surface area (Å²) in [6, 6.07) is 10.7. The van der Waals surface area contributed by atoms with Gasteiger partial charge in [0.1, 0.15) is 11.9 Å². The van der Waals surface area contributed by atoms with Gasteiger partial charge in [-0.05, 0) is 78.1 Å². The number of nitrogens with one attached hydrogen (secondary N) is 1. The molecule has 2 aromatic carbocycles. The molecule has 1 aromatic heterocycles. The van der Waals surface area contributed by atoms with Crippen LogP contribution in [0.2, 0.25) is 0 Å². The zero-order chi connectivity index (χ0) is 23.9. The normalized spacial score (nSPS) is 28.4. The maximum atomic E-state index is 13.8. The van der Waals surface area contributed by atoms with E-state index < -0.39 is 0 Å². The number of imidazole rings is 1. The Morgan fingerprint density at radius 3 is 2.89 bits per heavy atom. The molecule has 7 rings (SSSR count). The van der Waals surface area contributed by atoms with Crippen LogP contribution in [0.1, 0.15) is 79.0 Å². The van der Waals surface area contributed by atoms with Gasteiger partial charge in [-0.25, -0.2) is 4.98 Å². The minimum Gasteiger partial charge on any atom is -0.370 e. The standard InChI is InChI=1S/C29H32N4O2/c1-28(2)25-15-19-14-22-23(32-26(31-22)24-5-4-12-35-24)16-20(19)29(28,3)9-11-33(25)27(34)18-6-7-21-17(13-18)8-10-30-21/h6-7,10,13-14,16,24-25H,4-5,8-9,11-12,15H2,1-3H3,(H,31,32)/t24-,25+,29-/m0/s1. The second-order valence-electron chi connectivity index (χ2n) is 11.5.